The molecule has 0 fully saturated rings. The lowest BCUT2D eigenvalue weighted by molar-refractivity contribution is -0.119. The van der Waals surface area contributed by atoms with E-state index in [1.165, 1.54) is 24.3 Å². The van der Waals surface area contributed by atoms with Crippen LogP contribution in [-0.4, -0.2) is 43.2 Å². The van der Waals surface area contributed by atoms with E-state index < -0.39 is 30.0 Å². The highest BCUT2D eigenvalue weighted by atomic mass is 32.2. The van der Waals surface area contributed by atoms with E-state index in [4.69, 9.17) is 14.2 Å². The number of thioether (sulfide) groups is 1. The molecule has 0 aliphatic carbocycles. The number of ketones is 1. The zero-order chi connectivity index (χ0) is 24.8. The molecule has 0 atom stereocenters. The summed E-state index contributed by atoms with van der Waals surface area (Å²) in [5.74, 6) is -3.72. The van der Waals surface area contributed by atoms with Crippen molar-refractivity contribution in [3.05, 3.63) is 83.4 Å². The van der Waals surface area contributed by atoms with Crippen LogP contribution in [0, 0.1) is 0 Å². The number of anilines is 1. The number of ether oxygens (including phenoxy) is 3. The highest BCUT2D eigenvalue weighted by Crippen LogP contribution is 2.32. The van der Waals surface area contributed by atoms with Gasteiger partial charge in [0.1, 0.15) is 13.2 Å². The van der Waals surface area contributed by atoms with Crippen molar-refractivity contribution in [2.45, 2.75) is 10.7 Å². The molecule has 0 bridgehead atoms. The van der Waals surface area contributed by atoms with Crippen molar-refractivity contribution in [2.24, 2.45) is 0 Å². The summed E-state index contributed by atoms with van der Waals surface area (Å²) in [4.78, 5) is 38.3. The van der Waals surface area contributed by atoms with Crippen LogP contribution in [0.3, 0.4) is 0 Å². The van der Waals surface area contributed by atoms with Gasteiger partial charge in [-0.25, -0.2) is 4.79 Å². The molecule has 4 rings (SSSR count). The second-order valence-corrected chi connectivity index (χ2v) is 8.26. The van der Waals surface area contributed by atoms with Gasteiger partial charge in [-0.15, -0.1) is 0 Å². The quantitative estimate of drug-likeness (QED) is 0.271. The smallest absolute Gasteiger partial charge is 0.339 e. The van der Waals surface area contributed by atoms with Crippen LogP contribution in [0.2, 0.25) is 0 Å². The van der Waals surface area contributed by atoms with Crippen molar-refractivity contribution in [3.8, 4) is 11.5 Å². The molecule has 1 aliphatic heterocycles. The Morgan fingerprint density at radius 3 is 2.37 bits per heavy atom. The monoisotopic (exact) mass is 499 g/mol. The van der Waals surface area contributed by atoms with E-state index in [1.54, 1.807) is 42.5 Å². The third-order valence-electron chi connectivity index (χ3n) is 4.91. The lowest BCUT2D eigenvalue weighted by Crippen LogP contribution is -2.22. The number of nitrogens with one attached hydrogen (secondary N) is 1. The van der Waals surface area contributed by atoms with E-state index in [0.29, 0.717) is 30.3 Å². The normalized spacial score (nSPS) is 12.2. The van der Waals surface area contributed by atoms with Gasteiger partial charge in [0.2, 0.25) is 0 Å². The number of rotatable bonds is 8. The Labute approximate surface area is 203 Å². The number of alkyl halides is 2. The topological polar surface area (TPSA) is 90.9 Å². The predicted molar refractivity (Wildman–Crippen MR) is 125 cm³/mol. The zero-order valence-corrected chi connectivity index (χ0v) is 19.0. The second kappa shape index (κ2) is 11.0. The first-order valence-electron chi connectivity index (χ1n) is 10.5. The van der Waals surface area contributed by atoms with Gasteiger partial charge in [0.15, 0.2) is 23.9 Å². The van der Waals surface area contributed by atoms with Crippen LogP contribution >= 0.6 is 11.8 Å². The number of halogens is 2. The fourth-order valence-electron chi connectivity index (χ4n) is 3.36. The Hall–Kier alpha value is -3.92. The molecule has 3 aromatic carbocycles. The maximum Gasteiger partial charge on any atom is 0.339 e. The molecule has 35 heavy (non-hydrogen) atoms. The standard InChI is InChI=1S/C25H19F2NO6S/c26-25(27)35-21-8-4-3-7-18(21)28-22(29)14-34-24(31)17-6-2-1-5-16(17)23(30)15-9-10-19-20(13-15)33-12-11-32-19/h1-10,13,25H,11-12,14H2,(H,28,29). The number of carbonyl (C=O) groups is 3. The molecule has 1 amide bonds. The van der Waals surface area contributed by atoms with Gasteiger partial charge in [-0.3, -0.25) is 9.59 Å². The van der Waals surface area contributed by atoms with Crippen molar-refractivity contribution in [1.82, 2.24) is 0 Å². The molecule has 3 aromatic rings. The summed E-state index contributed by atoms with van der Waals surface area (Å²) < 4.78 is 41.5. The van der Waals surface area contributed by atoms with E-state index in [9.17, 15) is 23.2 Å². The molecule has 1 N–H and O–H groups in total. The predicted octanol–water partition coefficient (Wildman–Crippen LogP) is 4.80. The summed E-state index contributed by atoms with van der Waals surface area (Å²) in [7, 11) is 0. The molecule has 1 heterocycles. The summed E-state index contributed by atoms with van der Waals surface area (Å²) in [6.45, 7) is 0.110. The molecule has 0 aromatic heterocycles. The lowest BCUT2D eigenvalue weighted by Gasteiger charge is -2.18. The Kier molecular flexibility index (Phi) is 7.61. The molecule has 0 saturated heterocycles. The van der Waals surface area contributed by atoms with Crippen LogP contribution in [0.4, 0.5) is 14.5 Å². The van der Waals surface area contributed by atoms with Gasteiger partial charge in [0, 0.05) is 16.0 Å². The van der Waals surface area contributed by atoms with E-state index in [0.717, 1.165) is 0 Å². The van der Waals surface area contributed by atoms with Crippen LogP contribution in [0.15, 0.2) is 71.6 Å². The van der Waals surface area contributed by atoms with Gasteiger partial charge < -0.3 is 19.5 Å². The van der Waals surface area contributed by atoms with Crippen molar-refractivity contribution < 1.29 is 37.4 Å². The van der Waals surface area contributed by atoms with Crippen LogP contribution in [0.1, 0.15) is 26.3 Å². The number of esters is 1. The highest BCUT2D eigenvalue weighted by Gasteiger charge is 2.22. The fraction of sp³-hybridized carbons (Fsp3) is 0.160. The van der Waals surface area contributed by atoms with Crippen LogP contribution in [-0.2, 0) is 9.53 Å². The highest BCUT2D eigenvalue weighted by molar-refractivity contribution is 7.99. The van der Waals surface area contributed by atoms with Crippen LogP contribution in [0.25, 0.3) is 0 Å². The van der Waals surface area contributed by atoms with Gasteiger partial charge >= 0.3 is 5.97 Å². The number of benzene rings is 3. The van der Waals surface area contributed by atoms with E-state index >= 15 is 0 Å². The Morgan fingerprint density at radius 1 is 0.914 bits per heavy atom. The first kappa shape index (κ1) is 24.2. The number of carbonyl (C=O) groups excluding carboxylic acids is 3. The summed E-state index contributed by atoms with van der Waals surface area (Å²) in [6.07, 6.45) is 0. The summed E-state index contributed by atoms with van der Waals surface area (Å²) in [5.41, 5.74) is 0.538. The van der Waals surface area contributed by atoms with E-state index in [1.807, 2.05) is 0 Å². The van der Waals surface area contributed by atoms with E-state index in [2.05, 4.69) is 5.32 Å². The zero-order valence-electron chi connectivity index (χ0n) is 18.2. The number of hydrogen-bond acceptors (Lipinski definition) is 7. The summed E-state index contributed by atoms with van der Waals surface area (Å²) in [6, 6.07) is 16.9. The van der Waals surface area contributed by atoms with E-state index in [-0.39, 0.29) is 33.5 Å². The number of amides is 1. The van der Waals surface area contributed by atoms with Gasteiger partial charge in [0.25, 0.3) is 11.7 Å². The molecule has 1 aliphatic rings. The Balaban J connectivity index is 1.44. The third-order valence-corrected chi connectivity index (χ3v) is 5.70. The minimum atomic E-state index is -2.66. The van der Waals surface area contributed by atoms with Crippen LogP contribution < -0.4 is 14.8 Å². The van der Waals surface area contributed by atoms with Crippen molar-refractivity contribution in [1.29, 1.82) is 0 Å². The molecule has 180 valence electrons. The largest absolute Gasteiger partial charge is 0.486 e. The van der Waals surface area contributed by atoms with Gasteiger partial charge in [-0.2, -0.15) is 8.78 Å². The molecule has 0 unspecified atom stereocenters. The molecule has 0 spiro atoms. The van der Waals surface area contributed by atoms with Gasteiger partial charge in [0.05, 0.1) is 11.3 Å². The van der Waals surface area contributed by atoms with Crippen molar-refractivity contribution in [2.75, 3.05) is 25.1 Å². The van der Waals surface area contributed by atoms with Crippen molar-refractivity contribution >= 4 is 35.1 Å². The average Bonchev–Trinajstić information content (AvgIpc) is 2.87. The van der Waals surface area contributed by atoms with Gasteiger partial charge in [-0.1, -0.05) is 42.1 Å². The number of fused-ring (bicyclic) bond motifs is 1. The molecule has 0 radical (unpaired) electrons. The maximum absolute atomic E-state index is 13.1. The first-order valence-corrected chi connectivity index (χ1v) is 11.3. The third kappa shape index (κ3) is 5.96. The molecular weight excluding hydrogens is 480 g/mol. The fourth-order valence-corrected chi connectivity index (χ4v) is 3.96. The first-order chi connectivity index (χ1) is 16.9. The average molecular weight is 499 g/mol. The minimum absolute atomic E-state index is 0.0196. The summed E-state index contributed by atoms with van der Waals surface area (Å²) >= 11 is 0.290. The molecular formula is C25H19F2NO6S. The molecule has 0 saturated carbocycles. The SMILES string of the molecule is O=C(COC(=O)c1ccccc1C(=O)c1ccc2c(c1)OCCO2)Nc1ccccc1SC(F)F. The van der Waals surface area contributed by atoms with Crippen molar-refractivity contribution in [3.63, 3.8) is 0 Å². The maximum atomic E-state index is 13.1. The lowest BCUT2D eigenvalue weighted by atomic mass is 9.98. The Morgan fingerprint density at radius 2 is 1.60 bits per heavy atom. The second-order valence-electron chi connectivity index (χ2n) is 7.23. The summed E-state index contributed by atoms with van der Waals surface area (Å²) in [5, 5.41) is 2.45. The molecule has 10 heteroatoms. The number of hydrogen-bond donors (Lipinski definition) is 1. The number of para-hydroxylation sites is 1. The minimum Gasteiger partial charge on any atom is -0.486 e. The van der Waals surface area contributed by atoms with Crippen LogP contribution in [0.5, 0.6) is 11.5 Å². The Bertz CT molecular complexity index is 1270. The van der Waals surface area contributed by atoms with Gasteiger partial charge in [-0.05, 0) is 36.4 Å². The molecule has 7 nitrogen and oxygen atoms in total.